The molecule has 0 bridgehead atoms. The van der Waals surface area contributed by atoms with Gasteiger partial charge in [-0.25, -0.2) is 9.79 Å². The molecular formula is C21H24F3N5O2. The lowest BCUT2D eigenvalue weighted by Crippen LogP contribution is -2.65. The summed E-state index contributed by atoms with van der Waals surface area (Å²) in [6.07, 6.45) is -5.12. The first-order valence-corrected chi connectivity index (χ1v) is 10.0. The Morgan fingerprint density at radius 3 is 2.23 bits per heavy atom. The van der Waals surface area contributed by atoms with Crippen LogP contribution in [0.5, 0.6) is 0 Å². The number of guanidine groups is 1. The van der Waals surface area contributed by atoms with E-state index in [4.69, 9.17) is 0 Å². The lowest BCUT2D eigenvalue weighted by Gasteiger charge is -2.41. The second-order valence-electron chi connectivity index (χ2n) is 8.44. The number of imide groups is 1. The Hall–Kier alpha value is -3.04. The van der Waals surface area contributed by atoms with E-state index in [-0.39, 0.29) is 11.8 Å². The molecule has 31 heavy (non-hydrogen) atoms. The van der Waals surface area contributed by atoms with Gasteiger partial charge in [0.05, 0.1) is 5.56 Å². The van der Waals surface area contributed by atoms with Crippen LogP contribution in [-0.2, 0) is 11.0 Å². The first-order valence-electron chi connectivity index (χ1n) is 10.0. The van der Waals surface area contributed by atoms with E-state index in [1.165, 1.54) is 21.9 Å². The molecule has 10 heteroatoms. The molecule has 1 aromatic carbocycles. The van der Waals surface area contributed by atoms with Crippen LogP contribution >= 0.6 is 0 Å². The minimum atomic E-state index is -4.43. The second-order valence-corrected chi connectivity index (χ2v) is 8.44. The molecule has 0 radical (unpaired) electrons. The highest BCUT2D eigenvalue weighted by atomic mass is 19.4. The SMILES string of the molecule is CC1=C(C)N2C(=NC3C2C(=O)N(CC(C)C)C(=O)N3C)N1c1ccc(C(F)(F)F)cc1. The maximum Gasteiger partial charge on any atom is 0.416 e. The maximum atomic E-state index is 13.3. The van der Waals surface area contributed by atoms with Crippen molar-refractivity contribution < 1.29 is 22.8 Å². The minimum absolute atomic E-state index is 0.111. The summed E-state index contributed by atoms with van der Waals surface area (Å²) in [5.74, 6) is 0.228. The summed E-state index contributed by atoms with van der Waals surface area (Å²) >= 11 is 0. The molecule has 1 aromatic rings. The number of anilines is 1. The topological polar surface area (TPSA) is 59.5 Å². The predicted molar refractivity (Wildman–Crippen MR) is 109 cm³/mol. The van der Waals surface area contributed by atoms with Gasteiger partial charge in [0.1, 0.15) is 0 Å². The average molecular weight is 435 g/mol. The van der Waals surface area contributed by atoms with Gasteiger partial charge in [0, 0.05) is 30.7 Å². The van der Waals surface area contributed by atoms with Crippen LogP contribution in [0.2, 0.25) is 0 Å². The summed E-state index contributed by atoms with van der Waals surface area (Å²) in [5, 5.41) is 0. The highest BCUT2D eigenvalue weighted by molar-refractivity contribution is 6.10. The van der Waals surface area contributed by atoms with E-state index in [1.807, 2.05) is 27.7 Å². The number of fused-ring (bicyclic) bond motifs is 3. The quantitative estimate of drug-likeness (QED) is 0.727. The number of allylic oxidation sites excluding steroid dienone is 2. The first-order chi connectivity index (χ1) is 14.4. The van der Waals surface area contributed by atoms with Gasteiger partial charge in [-0.1, -0.05) is 13.8 Å². The van der Waals surface area contributed by atoms with Gasteiger partial charge in [-0.05, 0) is 44.0 Å². The number of alkyl halides is 3. The number of likely N-dealkylation sites (N-methyl/N-ethyl adjacent to an activating group) is 1. The van der Waals surface area contributed by atoms with E-state index in [0.717, 1.165) is 23.5 Å². The third kappa shape index (κ3) is 3.16. The summed E-state index contributed by atoms with van der Waals surface area (Å²) in [6.45, 7) is 7.84. The lowest BCUT2D eigenvalue weighted by atomic mass is 10.1. The van der Waals surface area contributed by atoms with Crippen LogP contribution in [0.4, 0.5) is 23.7 Å². The van der Waals surface area contributed by atoms with Crippen LogP contribution in [0.25, 0.3) is 0 Å². The molecule has 3 aliphatic heterocycles. The van der Waals surface area contributed by atoms with Crippen molar-refractivity contribution in [1.82, 2.24) is 14.7 Å². The van der Waals surface area contributed by atoms with Crippen molar-refractivity contribution in [3.8, 4) is 0 Å². The van der Waals surface area contributed by atoms with Crippen LogP contribution in [0.1, 0.15) is 33.3 Å². The molecule has 2 atom stereocenters. The molecule has 0 N–H and O–H groups in total. The number of nitrogens with zero attached hydrogens (tertiary/aromatic N) is 5. The fourth-order valence-corrected chi connectivity index (χ4v) is 4.25. The average Bonchev–Trinajstić information content (AvgIpc) is 3.19. The van der Waals surface area contributed by atoms with Gasteiger partial charge in [-0.3, -0.25) is 19.5 Å². The van der Waals surface area contributed by atoms with Crippen LogP contribution in [0, 0.1) is 5.92 Å². The zero-order valence-electron chi connectivity index (χ0n) is 17.9. The van der Waals surface area contributed by atoms with Gasteiger partial charge in [-0.2, -0.15) is 13.2 Å². The van der Waals surface area contributed by atoms with Crippen molar-refractivity contribution in [3.63, 3.8) is 0 Å². The molecule has 4 rings (SSSR count). The Labute approximate surface area is 178 Å². The molecule has 1 saturated heterocycles. The number of carbonyl (C=O) groups is 2. The van der Waals surface area contributed by atoms with Crippen molar-refractivity contribution in [2.75, 3.05) is 18.5 Å². The van der Waals surface area contributed by atoms with E-state index in [1.54, 1.807) is 16.8 Å². The Morgan fingerprint density at radius 2 is 1.68 bits per heavy atom. The number of urea groups is 1. The smallest absolute Gasteiger partial charge is 0.302 e. The van der Waals surface area contributed by atoms with Gasteiger partial charge >= 0.3 is 12.2 Å². The lowest BCUT2D eigenvalue weighted by molar-refractivity contribution is -0.138. The highest BCUT2D eigenvalue weighted by Crippen LogP contribution is 2.40. The monoisotopic (exact) mass is 435 g/mol. The summed E-state index contributed by atoms with van der Waals surface area (Å²) in [5.41, 5.74) is 1.30. The molecule has 3 heterocycles. The summed E-state index contributed by atoms with van der Waals surface area (Å²) < 4.78 is 38.9. The van der Waals surface area contributed by atoms with Gasteiger partial charge in [-0.15, -0.1) is 0 Å². The molecule has 3 aliphatic rings. The van der Waals surface area contributed by atoms with Crippen molar-refractivity contribution in [2.24, 2.45) is 10.9 Å². The molecule has 0 aliphatic carbocycles. The van der Waals surface area contributed by atoms with Gasteiger partial charge < -0.3 is 4.90 Å². The van der Waals surface area contributed by atoms with Crippen molar-refractivity contribution in [3.05, 3.63) is 41.2 Å². The van der Waals surface area contributed by atoms with Crippen molar-refractivity contribution in [1.29, 1.82) is 0 Å². The van der Waals surface area contributed by atoms with Crippen LogP contribution < -0.4 is 4.90 Å². The summed E-state index contributed by atoms with van der Waals surface area (Å²) in [6, 6.07) is 3.71. The Kier molecular flexibility index (Phi) is 4.79. The van der Waals surface area contributed by atoms with Gasteiger partial charge in [0.25, 0.3) is 5.91 Å². The van der Waals surface area contributed by atoms with Gasteiger partial charge in [0.15, 0.2) is 12.2 Å². The molecule has 2 unspecified atom stereocenters. The number of benzene rings is 1. The van der Waals surface area contributed by atoms with Gasteiger partial charge in [0.2, 0.25) is 5.96 Å². The fraction of sp³-hybridized carbons (Fsp3) is 0.476. The van der Waals surface area contributed by atoms with Crippen LogP contribution in [0.3, 0.4) is 0 Å². The minimum Gasteiger partial charge on any atom is -0.302 e. The molecule has 7 nitrogen and oxygen atoms in total. The number of rotatable bonds is 3. The number of carbonyl (C=O) groups excluding carboxylic acids is 2. The number of halogens is 3. The summed E-state index contributed by atoms with van der Waals surface area (Å²) in [7, 11) is 1.61. The standard InChI is InChI=1S/C21H24F3N5O2/c1-11(2)10-27-18(30)16-17(26(5)20(27)31)25-19-28(12(3)13(4)29(16)19)15-8-6-14(7-9-15)21(22,23)24/h6-9,11,16-17H,10H2,1-5H3. The Bertz CT molecular complexity index is 999. The number of hydrogen-bond acceptors (Lipinski definition) is 5. The fourth-order valence-electron chi connectivity index (χ4n) is 4.25. The van der Waals surface area contributed by atoms with E-state index in [2.05, 4.69) is 4.99 Å². The van der Waals surface area contributed by atoms with E-state index >= 15 is 0 Å². The van der Waals surface area contributed by atoms with Crippen LogP contribution in [0.15, 0.2) is 40.7 Å². The Morgan fingerprint density at radius 1 is 1.06 bits per heavy atom. The van der Waals surface area contributed by atoms with E-state index < -0.39 is 30.0 Å². The normalized spacial score (nSPS) is 23.8. The number of hydrogen-bond donors (Lipinski definition) is 0. The van der Waals surface area contributed by atoms with Crippen LogP contribution in [-0.4, -0.2) is 58.4 Å². The zero-order chi connectivity index (χ0) is 22.8. The van der Waals surface area contributed by atoms with E-state index in [0.29, 0.717) is 18.2 Å². The molecular weight excluding hydrogens is 411 g/mol. The third-order valence-electron chi connectivity index (χ3n) is 5.89. The molecule has 0 aromatic heterocycles. The summed E-state index contributed by atoms with van der Waals surface area (Å²) in [4.78, 5) is 36.9. The third-order valence-corrected chi connectivity index (χ3v) is 5.89. The predicted octanol–water partition coefficient (Wildman–Crippen LogP) is 3.69. The highest BCUT2D eigenvalue weighted by Gasteiger charge is 2.55. The number of amides is 3. The molecule has 0 spiro atoms. The molecule has 1 fully saturated rings. The second kappa shape index (κ2) is 7.00. The molecule has 0 saturated carbocycles. The molecule has 166 valence electrons. The van der Waals surface area contributed by atoms with Crippen molar-refractivity contribution in [2.45, 2.75) is 46.1 Å². The zero-order valence-corrected chi connectivity index (χ0v) is 17.9. The largest absolute Gasteiger partial charge is 0.416 e. The van der Waals surface area contributed by atoms with E-state index in [9.17, 15) is 22.8 Å². The maximum absolute atomic E-state index is 13.3. The first kappa shape index (κ1) is 21.2. The number of aliphatic imine (C=N–C) groups is 1. The van der Waals surface area contributed by atoms with Crippen molar-refractivity contribution >= 4 is 23.6 Å². The Balaban J connectivity index is 1.72. The molecule has 3 amide bonds.